The minimum absolute atomic E-state index is 0.258. The second-order valence-corrected chi connectivity index (χ2v) is 2.66. The third kappa shape index (κ3) is 2.37. The molecule has 2 heteroatoms. The van der Waals surface area contributed by atoms with E-state index in [0.29, 0.717) is 0 Å². The molecule has 0 aliphatic heterocycles. The Morgan fingerprint density at radius 1 is 1.46 bits per heavy atom. The van der Waals surface area contributed by atoms with Crippen molar-refractivity contribution in [3.05, 3.63) is 48.7 Å². The van der Waals surface area contributed by atoms with Gasteiger partial charge in [-0.1, -0.05) is 24.8 Å². The van der Waals surface area contributed by atoms with Crippen molar-refractivity contribution >= 4 is 5.57 Å². The number of aromatic hydroxyl groups is 1. The van der Waals surface area contributed by atoms with Gasteiger partial charge in [-0.15, -0.1) is 0 Å². The van der Waals surface area contributed by atoms with Gasteiger partial charge in [0.2, 0.25) is 0 Å². The molecule has 0 heterocycles. The molecule has 1 rings (SSSR count). The molecule has 0 aliphatic rings. The number of benzene rings is 1. The highest BCUT2D eigenvalue weighted by Crippen LogP contribution is 2.23. The van der Waals surface area contributed by atoms with Crippen LogP contribution in [0.4, 0.5) is 0 Å². The average molecular weight is 175 g/mol. The Kier molecular flexibility index (Phi) is 3.15. The van der Waals surface area contributed by atoms with Crippen molar-refractivity contribution in [1.82, 2.24) is 5.32 Å². The van der Waals surface area contributed by atoms with Crippen LogP contribution in [0, 0.1) is 0 Å². The summed E-state index contributed by atoms with van der Waals surface area (Å²) < 4.78 is 0. The molecule has 0 amide bonds. The molecular weight excluding hydrogens is 162 g/mol. The van der Waals surface area contributed by atoms with Crippen LogP contribution in [0.3, 0.4) is 0 Å². The first-order valence-corrected chi connectivity index (χ1v) is 4.07. The van der Waals surface area contributed by atoms with Gasteiger partial charge in [0.15, 0.2) is 0 Å². The van der Waals surface area contributed by atoms with Crippen LogP contribution in [0.5, 0.6) is 5.75 Å². The molecule has 2 nitrogen and oxygen atoms in total. The lowest BCUT2D eigenvalue weighted by Crippen LogP contribution is -1.91. The van der Waals surface area contributed by atoms with Crippen molar-refractivity contribution in [1.29, 1.82) is 0 Å². The van der Waals surface area contributed by atoms with E-state index in [9.17, 15) is 5.11 Å². The van der Waals surface area contributed by atoms with Crippen molar-refractivity contribution in [2.75, 3.05) is 7.05 Å². The molecule has 1 aromatic rings. The fourth-order valence-corrected chi connectivity index (χ4v) is 1.02. The third-order valence-corrected chi connectivity index (χ3v) is 1.70. The zero-order valence-corrected chi connectivity index (χ0v) is 7.62. The smallest absolute Gasteiger partial charge is 0.123 e. The van der Waals surface area contributed by atoms with Gasteiger partial charge in [-0.3, -0.25) is 0 Å². The van der Waals surface area contributed by atoms with Gasteiger partial charge in [-0.2, -0.15) is 0 Å². The summed E-state index contributed by atoms with van der Waals surface area (Å²) in [4.78, 5) is 0. The van der Waals surface area contributed by atoms with E-state index in [1.165, 1.54) is 0 Å². The molecule has 0 fully saturated rings. The lowest BCUT2D eigenvalue weighted by atomic mass is 10.1. The van der Waals surface area contributed by atoms with Gasteiger partial charge in [0.25, 0.3) is 0 Å². The molecule has 0 unspecified atom stereocenters. The summed E-state index contributed by atoms with van der Waals surface area (Å²) in [5, 5.41) is 12.3. The monoisotopic (exact) mass is 175 g/mol. The van der Waals surface area contributed by atoms with Gasteiger partial charge in [0, 0.05) is 12.6 Å². The van der Waals surface area contributed by atoms with Gasteiger partial charge in [-0.25, -0.2) is 0 Å². The van der Waals surface area contributed by atoms with Crippen molar-refractivity contribution in [3.63, 3.8) is 0 Å². The van der Waals surface area contributed by atoms with E-state index in [4.69, 9.17) is 0 Å². The third-order valence-electron chi connectivity index (χ3n) is 1.70. The first kappa shape index (κ1) is 9.39. The predicted molar refractivity (Wildman–Crippen MR) is 55.3 cm³/mol. The van der Waals surface area contributed by atoms with E-state index in [0.717, 1.165) is 11.1 Å². The second-order valence-electron chi connectivity index (χ2n) is 2.66. The molecule has 1 aromatic carbocycles. The molecule has 0 radical (unpaired) electrons. The summed E-state index contributed by atoms with van der Waals surface area (Å²) in [6.07, 6.45) is 3.59. The topological polar surface area (TPSA) is 32.3 Å². The van der Waals surface area contributed by atoms with Crippen LogP contribution in [0.15, 0.2) is 43.1 Å². The quantitative estimate of drug-likeness (QED) is 0.690. The van der Waals surface area contributed by atoms with Crippen LogP contribution in [0.2, 0.25) is 0 Å². The largest absolute Gasteiger partial charge is 0.507 e. The number of hydrogen-bond donors (Lipinski definition) is 2. The predicted octanol–water partition coefficient (Wildman–Crippen LogP) is 2.14. The summed E-state index contributed by atoms with van der Waals surface area (Å²) in [6, 6.07) is 7.13. The molecule has 2 N–H and O–H groups in total. The van der Waals surface area contributed by atoms with E-state index >= 15 is 0 Å². The maximum Gasteiger partial charge on any atom is 0.123 e. The Labute approximate surface area is 78.2 Å². The van der Waals surface area contributed by atoms with Crippen LogP contribution >= 0.6 is 0 Å². The minimum atomic E-state index is 0.258. The Bertz CT molecular complexity index is 329. The van der Waals surface area contributed by atoms with Gasteiger partial charge in [0.1, 0.15) is 5.75 Å². The van der Waals surface area contributed by atoms with Crippen molar-refractivity contribution < 1.29 is 5.11 Å². The van der Waals surface area contributed by atoms with E-state index < -0.39 is 0 Å². The zero-order valence-electron chi connectivity index (χ0n) is 7.62. The van der Waals surface area contributed by atoms with E-state index in [-0.39, 0.29) is 5.75 Å². The Morgan fingerprint density at radius 2 is 2.15 bits per heavy atom. The number of hydrogen-bond acceptors (Lipinski definition) is 2. The maximum absolute atomic E-state index is 9.47. The molecule has 0 atom stereocenters. The maximum atomic E-state index is 9.47. The Morgan fingerprint density at radius 3 is 2.77 bits per heavy atom. The molecule has 0 saturated heterocycles. The van der Waals surface area contributed by atoms with E-state index in [1.54, 1.807) is 18.3 Å². The highest BCUT2D eigenvalue weighted by molar-refractivity contribution is 5.75. The lowest BCUT2D eigenvalue weighted by Gasteiger charge is -2.02. The number of phenolic OH excluding ortho intramolecular Hbond substituents is 1. The normalized spacial score (nSPS) is 10.2. The standard InChI is InChI=1S/C11H13NO/c1-9(7-8-12-2)10-5-3-4-6-11(10)13/h3-8,12-13H,1H2,2H3/b8-7+. The highest BCUT2D eigenvalue weighted by atomic mass is 16.3. The van der Waals surface area contributed by atoms with Crippen molar-refractivity contribution in [2.24, 2.45) is 0 Å². The van der Waals surface area contributed by atoms with Gasteiger partial charge in [-0.05, 0) is 23.9 Å². The molecular formula is C11H13NO. The molecule has 13 heavy (non-hydrogen) atoms. The number of phenols is 1. The molecule has 0 spiro atoms. The van der Waals surface area contributed by atoms with E-state index in [1.807, 2.05) is 25.3 Å². The summed E-state index contributed by atoms with van der Waals surface area (Å²) in [6.45, 7) is 3.84. The van der Waals surface area contributed by atoms with Gasteiger partial charge >= 0.3 is 0 Å². The molecule has 0 aliphatic carbocycles. The fraction of sp³-hybridized carbons (Fsp3) is 0.0909. The van der Waals surface area contributed by atoms with E-state index in [2.05, 4.69) is 11.9 Å². The number of nitrogens with one attached hydrogen (secondary N) is 1. The average Bonchev–Trinajstić information content (AvgIpc) is 2.15. The van der Waals surface area contributed by atoms with Crippen molar-refractivity contribution in [3.8, 4) is 5.75 Å². The number of rotatable bonds is 3. The fourth-order valence-electron chi connectivity index (χ4n) is 1.02. The van der Waals surface area contributed by atoms with Crippen LogP contribution in [-0.4, -0.2) is 12.2 Å². The van der Waals surface area contributed by atoms with Crippen LogP contribution in [-0.2, 0) is 0 Å². The molecule has 0 aromatic heterocycles. The van der Waals surface area contributed by atoms with Gasteiger partial charge < -0.3 is 10.4 Å². The molecule has 0 saturated carbocycles. The molecule has 0 bridgehead atoms. The lowest BCUT2D eigenvalue weighted by molar-refractivity contribution is 0.474. The first-order valence-electron chi connectivity index (χ1n) is 4.07. The number of allylic oxidation sites excluding steroid dienone is 2. The zero-order chi connectivity index (χ0) is 9.68. The minimum Gasteiger partial charge on any atom is -0.507 e. The van der Waals surface area contributed by atoms with Crippen molar-refractivity contribution in [2.45, 2.75) is 0 Å². The highest BCUT2D eigenvalue weighted by Gasteiger charge is 1.99. The summed E-state index contributed by atoms with van der Waals surface area (Å²) >= 11 is 0. The molecule has 68 valence electrons. The van der Waals surface area contributed by atoms with Gasteiger partial charge in [0.05, 0.1) is 0 Å². The summed E-state index contributed by atoms with van der Waals surface area (Å²) in [5.41, 5.74) is 1.54. The number of para-hydroxylation sites is 1. The second kappa shape index (κ2) is 4.36. The first-order chi connectivity index (χ1) is 6.25. The summed E-state index contributed by atoms with van der Waals surface area (Å²) in [7, 11) is 1.81. The summed E-state index contributed by atoms with van der Waals surface area (Å²) in [5.74, 6) is 0.258. The van der Waals surface area contributed by atoms with Crippen LogP contribution in [0.25, 0.3) is 5.57 Å². The van der Waals surface area contributed by atoms with Crippen LogP contribution < -0.4 is 5.32 Å². The SMILES string of the molecule is C=C(/C=C/NC)c1ccccc1O. The van der Waals surface area contributed by atoms with Crippen LogP contribution in [0.1, 0.15) is 5.56 Å². The Balaban J connectivity index is 2.89. The Hall–Kier alpha value is -1.70.